The van der Waals surface area contributed by atoms with E-state index in [4.69, 9.17) is 9.84 Å². The predicted molar refractivity (Wildman–Crippen MR) is 116 cm³/mol. The highest BCUT2D eigenvalue weighted by Crippen LogP contribution is 2.35. The molecule has 0 atom stereocenters. The molecular weight excluding hydrogens is 388 g/mol. The third kappa shape index (κ3) is 4.86. The molecule has 0 aromatic heterocycles. The number of carboxylic acid groups (broad SMARTS) is 1. The fourth-order valence-corrected chi connectivity index (χ4v) is 3.83. The first kappa shape index (κ1) is 20.7. The number of amides is 1. The van der Waals surface area contributed by atoms with Crippen molar-refractivity contribution in [3.05, 3.63) is 64.6 Å². The number of carboxylic acids is 1. The number of amidine groups is 1. The van der Waals surface area contributed by atoms with E-state index in [2.05, 4.69) is 4.99 Å². The SMILES string of the molecule is CCCOc1ccccc1/C=C1\SC(=Nc2cccc(C(=O)O)c2)N(CC)C1=O. The lowest BCUT2D eigenvalue weighted by Crippen LogP contribution is -2.28. The molecule has 0 radical (unpaired) electrons. The smallest absolute Gasteiger partial charge is 0.335 e. The van der Waals surface area contributed by atoms with E-state index in [1.165, 1.54) is 23.9 Å². The van der Waals surface area contributed by atoms with Crippen molar-refractivity contribution in [1.82, 2.24) is 4.90 Å². The van der Waals surface area contributed by atoms with Gasteiger partial charge in [-0.15, -0.1) is 0 Å². The van der Waals surface area contributed by atoms with Crippen LogP contribution in [0, 0.1) is 0 Å². The van der Waals surface area contributed by atoms with Gasteiger partial charge >= 0.3 is 5.97 Å². The van der Waals surface area contributed by atoms with E-state index in [1.54, 1.807) is 17.0 Å². The molecular formula is C22H22N2O4S. The summed E-state index contributed by atoms with van der Waals surface area (Å²) < 4.78 is 5.78. The Hall–Kier alpha value is -3.06. The highest BCUT2D eigenvalue weighted by molar-refractivity contribution is 8.18. The maximum Gasteiger partial charge on any atom is 0.335 e. The summed E-state index contributed by atoms with van der Waals surface area (Å²) in [5, 5.41) is 9.69. The van der Waals surface area contributed by atoms with Crippen molar-refractivity contribution >= 4 is 40.6 Å². The largest absolute Gasteiger partial charge is 0.493 e. The second-order valence-electron chi connectivity index (χ2n) is 6.30. The molecule has 1 fully saturated rings. The minimum Gasteiger partial charge on any atom is -0.493 e. The maximum atomic E-state index is 12.9. The van der Waals surface area contributed by atoms with Crippen LogP contribution in [-0.4, -0.2) is 40.2 Å². The first-order valence-corrected chi connectivity index (χ1v) is 10.2. The summed E-state index contributed by atoms with van der Waals surface area (Å²) in [5.41, 5.74) is 1.48. The average Bonchev–Trinajstić information content (AvgIpc) is 3.01. The van der Waals surface area contributed by atoms with E-state index in [0.29, 0.717) is 28.9 Å². The molecule has 0 aliphatic carbocycles. The molecule has 0 spiro atoms. The van der Waals surface area contributed by atoms with Gasteiger partial charge in [0.25, 0.3) is 5.91 Å². The molecule has 1 amide bonds. The van der Waals surface area contributed by atoms with Gasteiger partial charge in [-0.1, -0.05) is 31.2 Å². The molecule has 6 nitrogen and oxygen atoms in total. The van der Waals surface area contributed by atoms with E-state index in [1.807, 2.05) is 44.2 Å². The Morgan fingerprint density at radius 2 is 2.00 bits per heavy atom. The van der Waals surface area contributed by atoms with E-state index < -0.39 is 5.97 Å². The Morgan fingerprint density at radius 1 is 1.21 bits per heavy atom. The van der Waals surface area contributed by atoms with Crippen LogP contribution in [-0.2, 0) is 4.79 Å². The van der Waals surface area contributed by atoms with E-state index >= 15 is 0 Å². The van der Waals surface area contributed by atoms with Gasteiger partial charge in [-0.2, -0.15) is 0 Å². The number of thioether (sulfide) groups is 1. The molecule has 2 aromatic carbocycles. The minimum atomic E-state index is -1.01. The molecule has 0 unspecified atom stereocenters. The average molecular weight is 410 g/mol. The number of para-hydroxylation sites is 1. The van der Waals surface area contributed by atoms with Gasteiger partial charge in [0.1, 0.15) is 5.75 Å². The molecule has 3 rings (SSSR count). The molecule has 0 bridgehead atoms. The van der Waals surface area contributed by atoms with Crippen LogP contribution in [0.25, 0.3) is 6.08 Å². The summed E-state index contributed by atoms with van der Waals surface area (Å²) in [6, 6.07) is 14.0. The topological polar surface area (TPSA) is 79.2 Å². The van der Waals surface area contributed by atoms with Crippen LogP contribution in [0.5, 0.6) is 5.75 Å². The lowest BCUT2D eigenvalue weighted by molar-refractivity contribution is -0.122. The Labute approximate surface area is 173 Å². The Bertz CT molecular complexity index is 984. The minimum absolute atomic E-state index is 0.129. The molecule has 1 aliphatic heterocycles. The van der Waals surface area contributed by atoms with Gasteiger partial charge in [0.05, 0.1) is 22.8 Å². The summed E-state index contributed by atoms with van der Waals surface area (Å²) >= 11 is 1.27. The molecule has 1 aliphatic rings. The third-order valence-corrected chi connectivity index (χ3v) is 5.20. The fraction of sp³-hybridized carbons (Fsp3) is 0.227. The van der Waals surface area contributed by atoms with Gasteiger partial charge in [0, 0.05) is 12.1 Å². The molecule has 1 heterocycles. The fourth-order valence-electron chi connectivity index (χ4n) is 2.77. The van der Waals surface area contributed by atoms with Crippen LogP contribution in [0.1, 0.15) is 36.2 Å². The molecule has 29 heavy (non-hydrogen) atoms. The van der Waals surface area contributed by atoms with Gasteiger partial charge in [0.15, 0.2) is 5.17 Å². The molecule has 1 N–H and O–H groups in total. The van der Waals surface area contributed by atoms with Crippen LogP contribution in [0.2, 0.25) is 0 Å². The number of nitrogens with zero attached hydrogens (tertiary/aromatic N) is 2. The van der Waals surface area contributed by atoms with Crippen molar-refractivity contribution in [2.24, 2.45) is 4.99 Å². The number of carbonyl (C=O) groups excluding carboxylic acids is 1. The summed E-state index contributed by atoms with van der Waals surface area (Å²) in [6.07, 6.45) is 2.71. The summed E-state index contributed by atoms with van der Waals surface area (Å²) in [6.45, 7) is 4.99. The summed E-state index contributed by atoms with van der Waals surface area (Å²) in [5.74, 6) is -0.410. The highest BCUT2D eigenvalue weighted by atomic mass is 32.2. The zero-order valence-corrected chi connectivity index (χ0v) is 17.1. The number of rotatable bonds is 7. The van der Waals surface area contributed by atoms with Crippen molar-refractivity contribution in [2.75, 3.05) is 13.2 Å². The maximum absolute atomic E-state index is 12.9. The Kier molecular flexibility index (Phi) is 6.72. The second-order valence-corrected chi connectivity index (χ2v) is 7.31. The van der Waals surface area contributed by atoms with Crippen LogP contribution in [0.4, 0.5) is 5.69 Å². The number of hydrogen-bond donors (Lipinski definition) is 1. The first-order valence-electron chi connectivity index (χ1n) is 9.38. The zero-order chi connectivity index (χ0) is 20.8. The van der Waals surface area contributed by atoms with Crippen molar-refractivity contribution in [3.63, 3.8) is 0 Å². The molecule has 150 valence electrons. The molecule has 2 aromatic rings. The molecule has 7 heteroatoms. The van der Waals surface area contributed by atoms with Gasteiger partial charge in [-0.3, -0.25) is 9.69 Å². The van der Waals surface area contributed by atoms with Crippen LogP contribution < -0.4 is 4.74 Å². The van der Waals surface area contributed by atoms with Gasteiger partial charge in [-0.05, 0) is 55.4 Å². The summed E-state index contributed by atoms with van der Waals surface area (Å²) in [7, 11) is 0. The number of hydrogen-bond acceptors (Lipinski definition) is 5. The first-order chi connectivity index (χ1) is 14.0. The number of likely N-dealkylation sites (N-methyl/N-ethyl adjacent to an activating group) is 1. The monoisotopic (exact) mass is 410 g/mol. The van der Waals surface area contributed by atoms with Gasteiger partial charge in [0.2, 0.25) is 0 Å². The standard InChI is InChI=1S/C22H22N2O4S/c1-3-12-28-18-11-6-5-8-15(18)14-19-20(25)24(4-2)22(29-19)23-17-10-7-9-16(13-17)21(26)27/h5-11,13-14H,3-4,12H2,1-2H3,(H,26,27)/b19-14-,23-22?. The van der Waals surface area contributed by atoms with E-state index in [-0.39, 0.29) is 11.5 Å². The predicted octanol–water partition coefficient (Wildman–Crippen LogP) is 4.80. The van der Waals surface area contributed by atoms with Crippen LogP contribution in [0.3, 0.4) is 0 Å². The highest BCUT2D eigenvalue weighted by Gasteiger charge is 2.32. The van der Waals surface area contributed by atoms with Gasteiger partial charge in [-0.25, -0.2) is 9.79 Å². The Balaban J connectivity index is 1.93. The number of aliphatic imine (C=N–C) groups is 1. The van der Waals surface area contributed by atoms with Crippen molar-refractivity contribution in [3.8, 4) is 5.75 Å². The molecule has 1 saturated heterocycles. The third-order valence-electron chi connectivity index (χ3n) is 4.19. The summed E-state index contributed by atoms with van der Waals surface area (Å²) in [4.78, 5) is 30.7. The van der Waals surface area contributed by atoms with E-state index in [9.17, 15) is 9.59 Å². The second kappa shape index (κ2) is 9.43. The quantitative estimate of drug-likeness (QED) is 0.664. The lowest BCUT2D eigenvalue weighted by atomic mass is 10.2. The number of aromatic carboxylic acids is 1. The normalized spacial score (nSPS) is 16.6. The lowest BCUT2D eigenvalue weighted by Gasteiger charge is -2.12. The van der Waals surface area contributed by atoms with Crippen LogP contribution in [0.15, 0.2) is 58.4 Å². The van der Waals surface area contributed by atoms with Crippen LogP contribution >= 0.6 is 11.8 Å². The Morgan fingerprint density at radius 3 is 2.72 bits per heavy atom. The molecule has 0 saturated carbocycles. The number of ether oxygens (including phenoxy) is 1. The van der Waals surface area contributed by atoms with E-state index in [0.717, 1.165) is 17.7 Å². The van der Waals surface area contributed by atoms with Crippen molar-refractivity contribution in [2.45, 2.75) is 20.3 Å². The number of carbonyl (C=O) groups is 2. The van der Waals surface area contributed by atoms with Crippen molar-refractivity contribution < 1.29 is 19.4 Å². The number of benzene rings is 2. The van der Waals surface area contributed by atoms with Gasteiger partial charge < -0.3 is 9.84 Å². The zero-order valence-electron chi connectivity index (χ0n) is 16.3. The van der Waals surface area contributed by atoms with Crippen molar-refractivity contribution in [1.29, 1.82) is 0 Å².